The van der Waals surface area contributed by atoms with Crippen LogP contribution in [0.2, 0.25) is 0 Å². The van der Waals surface area contributed by atoms with Gasteiger partial charge < -0.3 is 0 Å². The number of hydrogen-bond donors (Lipinski definition) is 2. The van der Waals surface area contributed by atoms with Gasteiger partial charge >= 0.3 is 5.69 Å². The van der Waals surface area contributed by atoms with E-state index in [0.717, 1.165) is 3.97 Å². The Morgan fingerprint density at radius 2 is 1.92 bits per heavy atom. The number of aromatic nitrogens is 2. The van der Waals surface area contributed by atoms with Crippen LogP contribution in [0.3, 0.4) is 0 Å². The highest BCUT2D eigenvalue weighted by molar-refractivity contribution is 7.78. The number of nitrogens with one attached hydrogen (secondary N) is 1. The Hall–Kier alpha value is -1.49. The van der Waals surface area contributed by atoms with Gasteiger partial charge in [-0.3, -0.25) is 9.78 Å². The van der Waals surface area contributed by atoms with Crippen molar-refractivity contribution in [3.8, 4) is 0 Å². The molecule has 0 spiro atoms. The molecule has 0 aliphatic rings. The number of hydrogen-bond acceptors (Lipinski definition) is 3. The van der Waals surface area contributed by atoms with Crippen molar-refractivity contribution in [3.05, 3.63) is 45.1 Å². The first-order valence-electron chi connectivity index (χ1n) is 3.63. The van der Waals surface area contributed by atoms with Crippen molar-refractivity contribution in [1.82, 2.24) is 8.96 Å². The smallest absolute Gasteiger partial charge is 0.273 e. The molecule has 0 amide bonds. The second kappa shape index (κ2) is 2.77. The maximum Gasteiger partial charge on any atom is 0.338 e. The van der Waals surface area contributed by atoms with Gasteiger partial charge in [-0.15, -0.1) is 0 Å². The second-order valence-electron chi connectivity index (χ2n) is 2.59. The van der Waals surface area contributed by atoms with Crippen LogP contribution in [0.15, 0.2) is 33.9 Å². The first-order valence-corrected chi connectivity index (χ1v) is 4.03. The van der Waals surface area contributed by atoms with Gasteiger partial charge in [-0.2, -0.15) is 0 Å². The minimum atomic E-state index is -0.521. The second-order valence-corrected chi connectivity index (χ2v) is 2.99. The van der Waals surface area contributed by atoms with E-state index in [0.29, 0.717) is 10.9 Å². The van der Waals surface area contributed by atoms with Gasteiger partial charge in [0.05, 0.1) is 10.9 Å². The number of aromatic amines is 1. The van der Waals surface area contributed by atoms with Gasteiger partial charge in [0.2, 0.25) is 0 Å². The Bertz CT molecular complexity index is 570. The van der Waals surface area contributed by atoms with Gasteiger partial charge in [-0.25, -0.2) is 8.77 Å². The SMILES string of the molecule is O=c1[nH]c(=O)n(S)c2ccccc12. The van der Waals surface area contributed by atoms with E-state index in [1.165, 1.54) is 0 Å². The molecule has 0 saturated carbocycles. The first kappa shape index (κ1) is 8.12. The van der Waals surface area contributed by atoms with E-state index < -0.39 is 5.69 Å². The number of benzene rings is 1. The minimum absolute atomic E-state index is 0.383. The Morgan fingerprint density at radius 3 is 2.69 bits per heavy atom. The normalized spacial score (nSPS) is 10.5. The first-order chi connectivity index (χ1) is 6.20. The molecule has 66 valence electrons. The number of para-hydroxylation sites is 1. The number of H-pyrrole nitrogens is 1. The van der Waals surface area contributed by atoms with Crippen molar-refractivity contribution in [2.75, 3.05) is 0 Å². The quantitative estimate of drug-likeness (QED) is 0.596. The Balaban J connectivity index is 3.15. The standard InChI is InChI=1S/C8H6N2O2S/c11-7-5-3-1-2-4-6(5)10(13)8(12)9-7/h1-4,13H,(H,9,11,12). The van der Waals surface area contributed by atoms with Crippen LogP contribution in [0, 0.1) is 0 Å². The van der Waals surface area contributed by atoms with E-state index in [2.05, 4.69) is 17.8 Å². The fraction of sp³-hybridized carbons (Fsp3) is 0. The van der Waals surface area contributed by atoms with E-state index in [-0.39, 0.29) is 5.56 Å². The van der Waals surface area contributed by atoms with E-state index in [1.807, 2.05) is 0 Å². The van der Waals surface area contributed by atoms with Crippen molar-refractivity contribution in [2.45, 2.75) is 0 Å². The summed E-state index contributed by atoms with van der Waals surface area (Å²) in [5.41, 5.74) is -0.391. The van der Waals surface area contributed by atoms with Gasteiger partial charge in [-0.1, -0.05) is 24.9 Å². The molecule has 1 aromatic carbocycles. The van der Waals surface area contributed by atoms with Gasteiger partial charge in [0.25, 0.3) is 5.56 Å². The molecule has 2 rings (SSSR count). The van der Waals surface area contributed by atoms with E-state index >= 15 is 0 Å². The molecule has 4 nitrogen and oxygen atoms in total. The topological polar surface area (TPSA) is 54.9 Å². The third kappa shape index (κ3) is 1.17. The van der Waals surface area contributed by atoms with Crippen LogP contribution < -0.4 is 11.2 Å². The van der Waals surface area contributed by atoms with Crippen molar-refractivity contribution in [1.29, 1.82) is 0 Å². The lowest BCUT2D eigenvalue weighted by molar-refractivity contribution is 1.04. The maximum absolute atomic E-state index is 11.2. The number of thiol groups is 1. The summed E-state index contributed by atoms with van der Waals surface area (Å²) < 4.78 is 1.11. The summed E-state index contributed by atoms with van der Waals surface area (Å²) in [7, 11) is 0. The number of rotatable bonds is 0. The van der Waals surface area contributed by atoms with Crippen molar-refractivity contribution >= 4 is 23.7 Å². The fourth-order valence-corrected chi connectivity index (χ4v) is 1.40. The number of nitrogens with zero attached hydrogens (tertiary/aromatic N) is 1. The van der Waals surface area contributed by atoms with Crippen molar-refractivity contribution in [3.63, 3.8) is 0 Å². The van der Waals surface area contributed by atoms with E-state index in [1.54, 1.807) is 24.3 Å². The lowest BCUT2D eigenvalue weighted by Gasteiger charge is -2.00. The summed E-state index contributed by atoms with van der Waals surface area (Å²) in [4.78, 5) is 24.5. The maximum atomic E-state index is 11.2. The highest BCUT2D eigenvalue weighted by Gasteiger charge is 2.02. The molecule has 13 heavy (non-hydrogen) atoms. The summed E-state index contributed by atoms with van der Waals surface area (Å²) >= 11 is 3.95. The summed E-state index contributed by atoms with van der Waals surface area (Å²) in [6, 6.07) is 6.78. The molecule has 1 aromatic heterocycles. The average molecular weight is 194 g/mol. The molecular formula is C8H6N2O2S. The van der Waals surface area contributed by atoms with Gasteiger partial charge in [0.1, 0.15) is 0 Å². The highest BCUT2D eigenvalue weighted by Crippen LogP contribution is 2.06. The van der Waals surface area contributed by atoms with Crippen LogP contribution in [-0.4, -0.2) is 8.96 Å². The predicted octanol–water partition coefficient (Wildman–Crippen LogP) is 0.383. The molecule has 0 unspecified atom stereocenters. The zero-order valence-electron chi connectivity index (χ0n) is 6.52. The average Bonchev–Trinajstić information content (AvgIpc) is 2.15. The Kier molecular flexibility index (Phi) is 1.73. The molecular weight excluding hydrogens is 188 g/mol. The summed E-state index contributed by atoms with van der Waals surface area (Å²) in [6.45, 7) is 0. The van der Waals surface area contributed by atoms with Crippen LogP contribution in [0.5, 0.6) is 0 Å². The fourth-order valence-electron chi connectivity index (χ4n) is 1.18. The molecule has 2 aromatic rings. The molecule has 1 heterocycles. The van der Waals surface area contributed by atoms with Crippen LogP contribution in [0.4, 0.5) is 0 Å². The molecule has 5 heteroatoms. The zero-order valence-corrected chi connectivity index (χ0v) is 7.41. The third-order valence-corrected chi connectivity index (χ3v) is 2.19. The molecule has 0 radical (unpaired) electrons. The van der Waals surface area contributed by atoms with Crippen LogP contribution >= 0.6 is 12.8 Å². The van der Waals surface area contributed by atoms with Gasteiger partial charge in [-0.05, 0) is 12.1 Å². The highest BCUT2D eigenvalue weighted by atomic mass is 32.1. The lowest BCUT2D eigenvalue weighted by Crippen LogP contribution is -2.26. The summed E-state index contributed by atoms with van der Waals surface area (Å²) in [5.74, 6) is 0. The molecule has 0 bridgehead atoms. The summed E-state index contributed by atoms with van der Waals surface area (Å²) in [6.07, 6.45) is 0. The molecule has 1 N–H and O–H groups in total. The monoisotopic (exact) mass is 194 g/mol. The molecule has 0 atom stereocenters. The van der Waals surface area contributed by atoms with Crippen LogP contribution in [-0.2, 0) is 0 Å². The zero-order chi connectivity index (χ0) is 9.42. The third-order valence-electron chi connectivity index (χ3n) is 1.79. The predicted molar refractivity (Wildman–Crippen MR) is 53.2 cm³/mol. The van der Waals surface area contributed by atoms with E-state index in [9.17, 15) is 9.59 Å². The van der Waals surface area contributed by atoms with Crippen LogP contribution in [0.25, 0.3) is 10.9 Å². The molecule has 0 aliphatic heterocycles. The minimum Gasteiger partial charge on any atom is -0.273 e. The number of fused-ring (bicyclic) bond motifs is 1. The molecule has 0 saturated heterocycles. The molecule has 0 fully saturated rings. The van der Waals surface area contributed by atoms with Crippen molar-refractivity contribution < 1.29 is 0 Å². The van der Waals surface area contributed by atoms with Gasteiger partial charge in [0, 0.05) is 0 Å². The Labute approximate surface area is 78.4 Å². The van der Waals surface area contributed by atoms with Crippen LogP contribution in [0.1, 0.15) is 0 Å². The van der Waals surface area contributed by atoms with Gasteiger partial charge in [0.15, 0.2) is 0 Å². The lowest BCUT2D eigenvalue weighted by atomic mass is 10.2. The Morgan fingerprint density at radius 1 is 1.23 bits per heavy atom. The largest absolute Gasteiger partial charge is 0.338 e. The summed E-state index contributed by atoms with van der Waals surface area (Å²) in [5, 5.41) is 0.456. The van der Waals surface area contributed by atoms with Crippen molar-refractivity contribution in [2.24, 2.45) is 0 Å². The van der Waals surface area contributed by atoms with E-state index in [4.69, 9.17) is 0 Å². The molecule has 0 aliphatic carbocycles.